The molecular weight excluding hydrogens is 411 g/mol. The molecule has 1 aliphatic rings. The Hall–Kier alpha value is -1.93. The Kier molecular flexibility index (Phi) is 6.40. The smallest absolute Gasteiger partial charge is 0.355 e. The summed E-state index contributed by atoms with van der Waals surface area (Å²) in [6, 6.07) is 7.78. The summed E-state index contributed by atoms with van der Waals surface area (Å²) in [6.07, 6.45) is -0.943. The highest BCUT2D eigenvalue weighted by Crippen LogP contribution is 2.30. The van der Waals surface area contributed by atoms with E-state index < -0.39 is 11.7 Å². The van der Waals surface area contributed by atoms with Gasteiger partial charge in [-0.05, 0) is 43.0 Å². The number of thioether (sulfide) groups is 1. The fourth-order valence-corrected chi connectivity index (χ4v) is 3.69. The zero-order chi connectivity index (χ0) is 20.3. The summed E-state index contributed by atoms with van der Waals surface area (Å²) in [5, 5.41) is 0.410. The third kappa shape index (κ3) is 4.72. The number of benzene rings is 1. The third-order valence-corrected chi connectivity index (χ3v) is 5.64. The summed E-state index contributed by atoms with van der Waals surface area (Å²) in [6.45, 7) is 2.10. The molecule has 0 radical (unpaired) electrons. The van der Waals surface area contributed by atoms with Crippen LogP contribution < -0.4 is 4.90 Å². The van der Waals surface area contributed by atoms with Crippen LogP contribution in [0.5, 0.6) is 0 Å². The fraction of sp³-hybridized carbons (Fsp3) is 0.368. The van der Waals surface area contributed by atoms with Crippen molar-refractivity contribution in [3.05, 3.63) is 52.7 Å². The van der Waals surface area contributed by atoms with Gasteiger partial charge in [0.2, 0.25) is 0 Å². The molecule has 0 spiro atoms. The van der Waals surface area contributed by atoms with Crippen molar-refractivity contribution < 1.29 is 18.0 Å². The van der Waals surface area contributed by atoms with E-state index in [-0.39, 0.29) is 5.91 Å². The second kappa shape index (κ2) is 8.61. The van der Waals surface area contributed by atoms with E-state index in [0.717, 1.165) is 17.2 Å². The van der Waals surface area contributed by atoms with Crippen molar-refractivity contribution in [3.8, 4) is 0 Å². The first-order valence-electron chi connectivity index (χ1n) is 8.70. The van der Waals surface area contributed by atoms with Crippen LogP contribution in [0.1, 0.15) is 22.3 Å². The number of rotatable bonds is 3. The van der Waals surface area contributed by atoms with Gasteiger partial charge in [0.1, 0.15) is 5.82 Å². The minimum absolute atomic E-state index is 0.136. The molecule has 1 fully saturated rings. The lowest BCUT2D eigenvalue weighted by Gasteiger charge is -2.23. The molecule has 4 nitrogen and oxygen atoms in total. The highest BCUT2D eigenvalue weighted by Gasteiger charge is 2.31. The normalized spacial score (nSPS) is 15.5. The van der Waals surface area contributed by atoms with Crippen LogP contribution >= 0.6 is 23.4 Å². The molecular formula is C19H19ClF3N3OS. The van der Waals surface area contributed by atoms with Crippen LogP contribution in [-0.2, 0) is 6.18 Å². The van der Waals surface area contributed by atoms with Gasteiger partial charge >= 0.3 is 6.18 Å². The Labute approximate surface area is 170 Å². The van der Waals surface area contributed by atoms with Crippen LogP contribution in [0.3, 0.4) is 0 Å². The van der Waals surface area contributed by atoms with E-state index in [0.29, 0.717) is 49.0 Å². The van der Waals surface area contributed by atoms with Gasteiger partial charge in [0.15, 0.2) is 0 Å². The average Bonchev–Trinajstić information content (AvgIpc) is 2.93. The molecule has 0 aliphatic carbocycles. The van der Waals surface area contributed by atoms with Gasteiger partial charge in [-0.1, -0.05) is 11.6 Å². The number of hydrogen-bond donors (Lipinski definition) is 0. The van der Waals surface area contributed by atoms with Gasteiger partial charge in [0, 0.05) is 37.3 Å². The third-order valence-electron chi connectivity index (χ3n) is 4.59. The zero-order valence-electron chi connectivity index (χ0n) is 15.2. The minimum atomic E-state index is -4.40. The van der Waals surface area contributed by atoms with Crippen molar-refractivity contribution in [2.24, 2.45) is 0 Å². The molecule has 1 saturated heterocycles. The maximum absolute atomic E-state index is 12.9. The number of halogens is 4. The van der Waals surface area contributed by atoms with Crippen LogP contribution in [-0.4, -0.2) is 48.2 Å². The van der Waals surface area contributed by atoms with E-state index in [1.54, 1.807) is 17.0 Å². The summed E-state index contributed by atoms with van der Waals surface area (Å²) < 4.78 is 38.1. The molecule has 1 amide bonds. The van der Waals surface area contributed by atoms with Crippen LogP contribution in [0.25, 0.3) is 0 Å². The number of nitrogens with zero attached hydrogens (tertiary/aromatic N) is 3. The van der Waals surface area contributed by atoms with Gasteiger partial charge in [-0.15, -0.1) is 11.8 Å². The van der Waals surface area contributed by atoms with E-state index in [4.69, 9.17) is 11.6 Å². The predicted molar refractivity (Wildman–Crippen MR) is 105 cm³/mol. The number of hydrogen-bond acceptors (Lipinski definition) is 4. The Morgan fingerprint density at radius 1 is 1.14 bits per heavy atom. The predicted octanol–water partition coefficient (Wildman–Crippen LogP) is 4.83. The molecule has 9 heteroatoms. The average molecular weight is 430 g/mol. The van der Waals surface area contributed by atoms with E-state index >= 15 is 0 Å². The van der Waals surface area contributed by atoms with Gasteiger partial charge in [-0.3, -0.25) is 4.79 Å². The quantitative estimate of drug-likeness (QED) is 0.655. The van der Waals surface area contributed by atoms with Gasteiger partial charge in [0.25, 0.3) is 5.91 Å². The monoisotopic (exact) mass is 429 g/mol. The molecule has 28 heavy (non-hydrogen) atoms. The molecule has 3 rings (SSSR count). The second-order valence-electron chi connectivity index (χ2n) is 6.38. The Bertz CT molecular complexity index is 845. The highest BCUT2D eigenvalue weighted by molar-refractivity contribution is 7.98. The Morgan fingerprint density at radius 3 is 2.57 bits per heavy atom. The highest BCUT2D eigenvalue weighted by atomic mass is 35.5. The van der Waals surface area contributed by atoms with Crippen molar-refractivity contribution in [2.45, 2.75) is 17.5 Å². The first kappa shape index (κ1) is 20.8. The molecule has 0 bridgehead atoms. The second-order valence-corrected chi connectivity index (χ2v) is 7.67. The largest absolute Gasteiger partial charge is 0.417 e. The van der Waals surface area contributed by atoms with Gasteiger partial charge in [0.05, 0.1) is 16.1 Å². The first-order valence-corrected chi connectivity index (χ1v) is 10.3. The van der Waals surface area contributed by atoms with Crippen molar-refractivity contribution in [3.63, 3.8) is 0 Å². The number of amides is 1. The zero-order valence-corrected chi connectivity index (χ0v) is 16.7. The first-order chi connectivity index (χ1) is 13.3. The van der Waals surface area contributed by atoms with Gasteiger partial charge in [-0.25, -0.2) is 4.98 Å². The maximum Gasteiger partial charge on any atom is 0.417 e. The van der Waals surface area contributed by atoms with Crippen molar-refractivity contribution in [1.29, 1.82) is 0 Å². The Morgan fingerprint density at radius 2 is 1.93 bits per heavy atom. The summed E-state index contributed by atoms with van der Waals surface area (Å²) >= 11 is 7.75. The molecule has 0 unspecified atom stereocenters. The molecule has 1 aromatic carbocycles. The van der Waals surface area contributed by atoms with Crippen LogP contribution in [0.2, 0.25) is 5.02 Å². The topological polar surface area (TPSA) is 36.4 Å². The van der Waals surface area contributed by atoms with E-state index in [1.807, 2.05) is 17.2 Å². The van der Waals surface area contributed by atoms with Crippen molar-refractivity contribution in [1.82, 2.24) is 9.88 Å². The number of pyridine rings is 1. The molecule has 0 saturated carbocycles. The lowest BCUT2D eigenvalue weighted by molar-refractivity contribution is -0.137. The summed E-state index contributed by atoms with van der Waals surface area (Å²) in [4.78, 5) is 21.5. The fourth-order valence-electron chi connectivity index (χ4n) is 3.06. The molecule has 1 aliphatic heterocycles. The molecule has 0 N–H and O–H groups in total. The summed E-state index contributed by atoms with van der Waals surface area (Å²) in [5.74, 6) is 0.341. The summed E-state index contributed by atoms with van der Waals surface area (Å²) in [5.41, 5.74) is -0.305. The molecule has 2 aromatic rings. The SMILES string of the molecule is CSc1ccc(Cl)c(C(=O)N2CCCN(c3ccc(C(F)(F)F)cn3)CC2)c1. The lowest BCUT2D eigenvalue weighted by Crippen LogP contribution is -2.35. The summed E-state index contributed by atoms with van der Waals surface area (Å²) in [7, 11) is 0. The molecule has 2 heterocycles. The van der Waals surface area contributed by atoms with Crippen LogP contribution in [0.15, 0.2) is 41.4 Å². The Balaban J connectivity index is 1.70. The van der Waals surface area contributed by atoms with Gasteiger partial charge in [-0.2, -0.15) is 13.2 Å². The van der Waals surface area contributed by atoms with Crippen molar-refractivity contribution >= 4 is 35.1 Å². The van der Waals surface area contributed by atoms with E-state index in [9.17, 15) is 18.0 Å². The lowest BCUT2D eigenvalue weighted by atomic mass is 10.2. The van der Waals surface area contributed by atoms with Crippen molar-refractivity contribution in [2.75, 3.05) is 37.3 Å². The minimum Gasteiger partial charge on any atom is -0.355 e. The number of carbonyl (C=O) groups excluding carboxylic acids is 1. The van der Waals surface area contributed by atoms with Gasteiger partial charge < -0.3 is 9.80 Å². The van der Waals surface area contributed by atoms with E-state index in [2.05, 4.69) is 4.98 Å². The number of alkyl halides is 3. The number of anilines is 1. The number of aromatic nitrogens is 1. The van der Waals surface area contributed by atoms with Crippen LogP contribution in [0, 0.1) is 0 Å². The number of carbonyl (C=O) groups is 1. The molecule has 150 valence electrons. The molecule has 1 aromatic heterocycles. The molecule has 0 atom stereocenters. The van der Waals surface area contributed by atoms with E-state index in [1.165, 1.54) is 17.8 Å². The van der Waals surface area contributed by atoms with Crippen LogP contribution in [0.4, 0.5) is 19.0 Å². The maximum atomic E-state index is 12.9. The standard InChI is InChI=1S/C19H19ClF3N3OS/c1-28-14-4-5-16(20)15(11-14)18(27)26-8-2-7-25(9-10-26)17-6-3-13(12-24-17)19(21,22)23/h3-6,11-12H,2,7-10H2,1H3.